The zero-order chi connectivity index (χ0) is 22.5. The summed E-state index contributed by atoms with van der Waals surface area (Å²) < 4.78 is 1.75. The van der Waals surface area contributed by atoms with Crippen LogP contribution in [0.1, 0.15) is 25.6 Å². The zero-order valence-corrected chi connectivity index (χ0v) is 18.6. The summed E-state index contributed by atoms with van der Waals surface area (Å²) in [5, 5.41) is 11.9. The third-order valence-corrected chi connectivity index (χ3v) is 5.76. The van der Waals surface area contributed by atoms with Gasteiger partial charge in [-0.3, -0.25) is 9.59 Å². The van der Waals surface area contributed by atoms with Crippen LogP contribution < -0.4 is 15.5 Å². The van der Waals surface area contributed by atoms with Crippen molar-refractivity contribution >= 4 is 40.3 Å². The quantitative estimate of drug-likeness (QED) is 0.437. The predicted octanol–water partition coefficient (Wildman–Crippen LogP) is 4.56. The first-order valence-corrected chi connectivity index (χ1v) is 10.9. The standard InChI is InChI=1S/C24H23N5O2S/c1-28(2)20-11-5-17(6-12-20)16-29-22(13-14-25-29)27-23(30)18-7-9-19(10-8-18)26-24(31)21-4-3-15-32-21/h3-15H,16H2,1-2H3,(H,26,31)(H,27,30). The average Bonchev–Trinajstić information content (AvgIpc) is 3.47. The van der Waals surface area contributed by atoms with E-state index < -0.39 is 0 Å². The predicted molar refractivity (Wildman–Crippen MR) is 129 cm³/mol. The van der Waals surface area contributed by atoms with E-state index in [0.29, 0.717) is 28.5 Å². The van der Waals surface area contributed by atoms with Crippen LogP contribution in [0.3, 0.4) is 0 Å². The fraction of sp³-hybridized carbons (Fsp3) is 0.125. The lowest BCUT2D eigenvalue weighted by molar-refractivity contribution is 0.102. The molecule has 0 radical (unpaired) electrons. The summed E-state index contributed by atoms with van der Waals surface area (Å²) >= 11 is 1.38. The summed E-state index contributed by atoms with van der Waals surface area (Å²) in [6, 6.07) is 20.3. The maximum Gasteiger partial charge on any atom is 0.265 e. The van der Waals surface area contributed by atoms with Crippen LogP contribution in [0.4, 0.5) is 17.2 Å². The highest BCUT2D eigenvalue weighted by Crippen LogP contribution is 2.17. The minimum Gasteiger partial charge on any atom is -0.378 e. The van der Waals surface area contributed by atoms with Gasteiger partial charge < -0.3 is 15.5 Å². The molecule has 0 fully saturated rings. The maximum absolute atomic E-state index is 12.7. The molecule has 0 aliphatic rings. The SMILES string of the molecule is CN(C)c1ccc(Cn2nccc2NC(=O)c2ccc(NC(=O)c3cccs3)cc2)cc1. The first kappa shape index (κ1) is 21.3. The number of thiophene rings is 1. The fourth-order valence-electron chi connectivity index (χ4n) is 3.13. The Morgan fingerprint density at radius 1 is 0.938 bits per heavy atom. The minimum atomic E-state index is -0.245. The number of carbonyl (C=O) groups is 2. The lowest BCUT2D eigenvalue weighted by atomic mass is 10.2. The second kappa shape index (κ2) is 9.49. The first-order valence-electron chi connectivity index (χ1n) is 10.0. The monoisotopic (exact) mass is 445 g/mol. The molecule has 4 rings (SSSR count). The molecule has 0 spiro atoms. The summed E-state index contributed by atoms with van der Waals surface area (Å²) in [6.45, 7) is 0.546. The van der Waals surface area contributed by atoms with Crippen molar-refractivity contribution < 1.29 is 9.59 Å². The van der Waals surface area contributed by atoms with Gasteiger partial charge >= 0.3 is 0 Å². The summed E-state index contributed by atoms with van der Waals surface area (Å²) in [5.41, 5.74) is 3.33. The molecule has 7 nitrogen and oxygen atoms in total. The normalized spacial score (nSPS) is 10.6. The van der Waals surface area contributed by atoms with Crippen molar-refractivity contribution in [1.82, 2.24) is 9.78 Å². The molecule has 0 bridgehead atoms. The van der Waals surface area contributed by atoms with Gasteiger partial charge in [-0.25, -0.2) is 4.68 Å². The lowest BCUT2D eigenvalue weighted by Crippen LogP contribution is -2.16. The van der Waals surface area contributed by atoms with E-state index in [1.807, 2.05) is 42.6 Å². The third kappa shape index (κ3) is 5.04. The smallest absolute Gasteiger partial charge is 0.265 e. The molecule has 0 aliphatic carbocycles. The summed E-state index contributed by atoms with van der Waals surface area (Å²) in [5.74, 6) is 0.201. The molecule has 0 atom stereocenters. The van der Waals surface area contributed by atoms with E-state index >= 15 is 0 Å². The van der Waals surface area contributed by atoms with E-state index in [1.165, 1.54) is 11.3 Å². The van der Waals surface area contributed by atoms with E-state index in [0.717, 1.165) is 11.3 Å². The van der Waals surface area contributed by atoms with Crippen LogP contribution in [-0.2, 0) is 6.54 Å². The second-order valence-electron chi connectivity index (χ2n) is 7.40. The van der Waals surface area contributed by atoms with E-state index in [9.17, 15) is 9.59 Å². The maximum atomic E-state index is 12.7. The molecule has 2 N–H and O–H groups in total. The number of carbonyl (C=O) groups excluding carboxylic acids is 2. The third-order valence-electron chi connectivity index (χ3n) is 4.89. The van der Waals surface area contributed by atoms with E-state index in [-0.39, 0.29) is 11.8 Å². The molecule has 2 aromatic heterocycles. The Labute approximate surface area is 190 Å². The molecule has 0 aliphatic heterocycles. The van der Waals surface area contributed by atoms with E-state index in [2.05, 4.69) is 27.9 Å². The molecule has 162 valence electrons. The average molecular weight is 446 g/mol. The molecule has 2 aromatic carbocycles. The van der Waals surface area contributed by atoms with Crippen molar-refractivity contribution in [1.29, 1.82) is 0 Å². The molecule has 2 heterocycles. The van der Waals surface area contributed by atoms with Gasteiger partial charge in [0.15, 0.2) is 0 Å². The number of anilines is 3. The number of hydrogen-bond donors (Lipinski definition) is 2. The summed E-state index contributed by atoms with van der Waals surface area (Å²) in [4.78, 5) is 27.5. The van der Waals surface area contributed by atoms with Crippen LogP contribution in [-0.4, -0.2) is 35.7 Å². The molecule has 0 saturated carbocycles. The largest absolute Gasteiger partial charge is 0.378 e. The highest BCUT2D eigenvalue weighted by Gasteiger charge is 2.12. The molecule has 8 heteroatoms. The van der Waals surface area contributed by atoms with Gasteiger partial charge in [0.25, 0.3) is 11.8 Å². The van der Waals surface area contributed by atoms with Crippen LogP contribution in [0, 0.1) is 0 Å². The molecule has 2 amide bonds. The molecule has 32 heavy (non-hydrogen) atoms. The molecule has 4 aromatic rings. The van der Waals surface area contributed by atoms with Crippen molar-refractivity contribution in [2.24, 2.45) is 0 Å². The Balaban J connectivity index is 1.39. The minimum absolute atomic E-state index is 0.167. The summed E-state index contributed by atoms with van der Waals surface area (Å²) in [7, 11) is 4.00. The van der Waals surface area contributed by atoms with E-state index in [4.69, 9.17) is 0 Å². The van der Waals surface area contributed by atoms with Gasteiger partial charge in [-0.15, -0.1) is 11.3 Å². The van der Waals surface area contributed by atoms with Gasteiger partial charge in [0.1, 0.15) is 5.82 Å². The first-order chi connectivity index (χ1) is 15.5. The van der Waals surface area contributed by atoms with Crippen molar-refractivity contribution in [3.05, 3.63) is 94.3 Å². The van der Waals surface area contributed by atoms with Crippen molar-refractivity contribution in [2.75, 3.05) is 29.6 Å². The number of benzene rings is 2. The van der Waals surface area contributed by atoms with Crippen LogP contribution in [0.15, 0.2) is 78.3 Å². The number of aromatic nitrogens is 2. The van der Waals surface area contributed by atoms with Crippen LogP contribution >= 0.6 is 11.3 Å². The number of amides is 2. The van der Waals surface area contributed by atoms with Crippen molar-refractivity contribution in [3.8, 4) is 0 Å². The summed E-state index contributed by atoms with van der Waals surface area (Å²) in [6.07, 6.45) is 1.66. The zero-order valence-electron chi connectivity index (χ0n) is 17.8. The van der Waals surface area contributed by atoms with Crippen LogP contribution in [0.5, 0.6) is 0 Å². The van der Waals surface area contributed by atoms with Gasteiger partial charge in [-0.05, 0) is 53.4 Å². The number of nitrogens with zero attached hydrogens (tertiary/aromatic N) is 3. The Hall–Kier alpha value is -3.91. The van der Waals surface area contributed by atoms with Crippen LogP contribution in [0.25, 0.3) is 0 Å². The number of rotatable bonds is 7. The molecule has 0 saturated heterocycles. The fourth-order valence-corrected chi connectivity index (χ4v) is 3.75. The Morgan fingerprint density at radius 2 is 1.69 bits per heavy atom. The Bertz CT molecular complexity index is 1200. The van der Waals surface area contributed by atoms with Gasteiger partial charge in [0.2, 0.25) is 0 Å². The molecular formula is C24H23N5O2S. The van der Waals surface area contributed by atoms with Gasteiger partial charge in [0.05, 0.1) is 17.6 Å². The highest BCUT2D eigenvalue weighted by molar-refractivity contribution is 7.12. The Morgan fingerprint density at radius 3 is 2.34 bits per heavy atom. The van der Waals surface area contributed by atoms with Gasteiger partial charge in [-0.1, -0.05) is 18.2 Å². The Kier molecular flexibility index (Phi) is 6.32. The number of hydrogen-bond acceptors (Lipinski definition) is 5. The van der Waals surface area contributed by atoms with E-state index in [1.54, 1.807) is 47.3 Å². The number of nitrogens with one attached hydrogen (secondary N) is 2. The van der Waals surface area contributed by atoms with Crippen LogP contribution in [0.2, 0.25) is 0 Å². The second-order valence-corrected chi connectivity index (χ2v) is 8.35. The van der Waals surface area contributed by atoms with Crippen molar-refractivity contribution in [3.63, 3.8) is 0 Å². The van der Waals surface area contributed by atoms with Gasteiger partial charge in [0, 0.05) is 37.1 Å². The molecular weight excluding hydrogens is 422 g/mol. The highest BCUT2D eigenvalue weighted by atomic mass is 32.1. The van der Waals surface area contributed by atoms with Crippen molar-refractivity contribution in [2.45, 2.75) is 6.54 Å². The van der Waals surface area contributed by atoms with Gasteiger partial charge in [-0.2, -0.15) is 5.10 Å². The molecule has 0 unspecified atom stereocenters. The topological polar surface area (TPSA) is 79.3 Å². The lowest BCUT2D eigenvalue weighted by Gasteiger charge is -2.13.